The molecule has 1 saturated heterocycles. The summed E-state index contributed by atoms with van der Waals surface area (Å²) < 4.78 is 0. The second-order valence-corrected chi connectivity index (χ2v) is 4.02. The lowest BCUT2D eigenvalue weighted by molar-refractivity contribution is 0.167. The van der Waals surface area contributed by atoms with Crippen molar-refractivity contribution in [1.82, 2.24) is 4.90 Å². The molecule has 0 radical (unpaired) electrons. The second-order valence-electron chi connectivity index (χ2n) is 2.87. The fraction of sp³-hybridized carbons (Fsp3) is 1.00. The van der Waals surface area contributed by atoms with Crippen LogP contribution in [-0.4, -0.2) is 47.3 Å². The van der Waals surface area contributed by atoms with Crippen molar-refractivity contribution in [3.05, 3.63) is 0 Å². The molecule has 1 fully saturated rings. The standard InChI is InChI=1S/C8H17NOS/c1-2-9(4-5-10)8-3-6-11-7-8/h8,10H,2-7H2,1H3/t8-/m1/s1. The molecule has 0 aromatic rings. The van der Waals surface area contributed by atoms with Crippen molar-refractivity contribution >= 4 is 11.8 Å². The highest BCUT2D eigenvalue weighted by atomic mass is 32.2. The van der Waals surface area contributed by atoms with E-state index in [1.165, 1.54) is 17.9 Å². The average Bonchev–Trinajstić information content (AvgIpc) is 2.52. The summed E-state index contributed by atoms with van der Waals surface area (Å²) in [5, 5.41) is 8.78. The predicted molar refractivity (Wildman–Crippen MR) is 50.1 cm³/mol. The minimum atomic E-state index is 0.301. The summed E-state index contributed by atoms with van der Waals surface area (Å²) in [6, 6.07) is 0.733. The largest absolute Gasteiger partial charge is 0.395 e. The molecule has 1 rings (SSSR count). The Morgan fingerprint density at radius 1 is 1.64 bits per heavy atom. The van der Waals surface area contributed by atoms with E-state index in [0.717, 1.165) is 19.1 Å². The third-order valence-corrected chi connectivity index (χ3v) is 3.36. The minimum absolute atomic E-state index is 0.301. The molecule has 0 saturated carbocycles. The average molecular weight is 175 g/mol. The lowest BCUT2D eigenvalue weighted by Crippen LogP contribution is -2.37. The van der Waals surface area contributed by atoms with E-state index in [1.54, 1.807) is 0 Å². The molecule has 2 nitrogen and oxygen atoms in total. The Labute approximate surface area is 73.0 Å². The predicted octanol–water partition coefficient (Wildman–Crippen LogP) is 0.806. The topological polar surface area (TPSA) is 23.5 Å². The Morgan fingerprint density at radius 3 is 2.91 bits per heavy atom. The highest BCUT2D eigenvalue weighted by Crippen LogP contribution is 2.21. The van der Waals surface area contributed by atoms with Gasteiger partial charge in [-0.1, -0.05) is 6.92 Å². The van der Waals surface area contributed by atoms with Crippen molar-refractivity contribution in [3.63, 3.8) is 0 Å². The molecule has 1 aliphatic rings. The van der Waals surface area contributed by atoms with E-state index >= 15 is 0 Å². The molecular formula is C8H17NOS. The van der Waals surface area contributed by atoms with Crippen LogP contribution < -0.4 is 0 Å². The van der Waals surface area contributed by atoms with Gasteiger partial charge >= 0.3 is 0 Å². The lowest BCUT2D eigenvalue weighted by Gasteiger charge is -2.25. The maximum atomic E-state index is 8.78. The first-order chi connectivity index (χ1) is 5.38. The molecule has 1 aliphatic heterocycles. The first-order valence-electron chi connectivity index (χ1n) is 4.31. The zero-order valence-electron chi connectivity index (χ0n) is 7.12. The van der Waals surface area contributed by atoms with Gasteiger partial charge < -0.3 is 5.11 Å². The molecule has 1 atom stereocenters. The second kappa shape index (κ2) is 5.01. The molecule has 0 bridgehead atoms. The summed E-state index contributed by atoms with van der Waals surface area (Å²) in [4.78, 5) is 2.38. The number of thioether (sulfide) groups is 1. The molecule has 0 aliphatic carbocycles. The van der Waals surface area contributed by atoms with Gasteiger partial charge in [0.15, 0.2) is 0 Å². The van der Waals surface area contributed by atoms with E-state index in [0.29, 0.717) is 6.61 Å². The Morgan fingerprint density at radius 2 is 2.45 bits per heavy atom. The van der Waals surface area contributed by atoms with E-state index in [4.69, 9.17) is 5.11 Å². The van der Waals surface area contributed by atoms with Gasteiger partial charge in [0.25, 0.3) is 0 Å². The number of aliphatic hydroxyl groups is 1. The summed E-state index contributed by atoms with van der Waals surface area (Å²) in [6.07, 6.45) is 1.30. The Kier molecular flexibility index (Phi) is 4.26. The molecule has 3 heteroatoms. The zero-order valence-corrected chi connectivity index (χ0v) is 7.94. The van der Waals surface area contributed by atoms with Gasteiger partial charge in [-0.2, -0.15) is 11.8 Å². The summed E-state index contributed by atoms with van der Waals surface area (Å²) >= 11 is 2.03. The number of aliphatic hydroxyl groups excluding tert-OH is 1. The summed E-state index contributed by atoms with van der Waals surface area (Å²) in [5.74, 6) is 2.56. The lowest BCUT2D eigenvalue weighted by atomic mass is 10.2. The van der Waals surface area contributed by atoms with E-state index in [2.05, 4.69) is 11.8 Å². The van der Waals surface area contributed by atoms with Gasteiger partial charge in [-0.05, 0) is 18.7 Å². The van der Waals surface area contributed by atoms with Crippen molar-refractivity contribution in [2.45, 2.75) is 19.4 Å². The minimum Gasteiger partial charge on any atom is -0.395 e. The Hall–Kier alpha value is 0.270. The smallest absolute Gasteiger partial charge is 0.0558 e. The van der Waals surface area contributed by atoms with Gasteiger partial charge in [0.05, 0.1) is 6.61 Å². The normalized spacial score (nSPS) is 24.8. The van der Waals surface area contributed by atoms with Gasteiger partial charge in [0, 0.05) is 18.3 Å². The van der Waals surface area contributed by atoms with Crippen LogP contribution in [0.3, 0.4) is 0 Å². The van der Waals surface area contributed by atoms with Crippen LogP contribution in [0.15, 0.2) is 0 Å². The first-order valence-corrected chi connectivity index (χ1v) is 5.46. The van der Waals surface area contributed by atoms with Crippen LogP contribution in [0.25, 0.3) is 0 Å². The zero-order chi connectivity index (χ0) is 8.10. The van der Waals surface area contributed by atoms with Crippen molar-refractivity contribution in [2.75, 3.05) is 31.2 Å². The highest BCUT2D eigenvalue weighted by molar-refractivity contribution is 7.99. The molecule has 0 unspecified atom stereocenters. The molecule has 1 heterocycles. The van der Waals surface area contributed by atoms with Crippen LogP contribution in [0, 0.1) is 0 Å². The number of nitrogens with zero attached hydrogens (tertiary/aromatic N) is 1. The highest BCUT2D eigenvalue weighted by Gasteiger charge is 2.20. The molecule has 11 heavy (non-hydrogen) atoms. The summed E-state index contributed by atoms with van der Waals surface area (Å²) in [6.45, 7) is 4.39. The van der Waals surface area contributed by atoms with Crippen LogP contribution in [0.1, 0.15) is 13.3 Å². The molecule has 0 spiro atoms. The molecule has 0 amide bonds. The number of hydrogen-bond acceptors (Lipinski definition) is 3. The van der Waals surface area contributed by atoms with Crippen molar-refractivity contribution in [1.29, 1.82) is 0 Å². The molecular weight excluding hydrogens is 158 g/mol. The number of rotatable bonds is 4. The SMILES string of the molecule is CCN(CCO)[C@@H]1CCSC1. The van der Waals surface area contributed by atoms with Gasteiger partial charge in [0.2, 0.25) is 0 Å². The maximum absolute atomic E-state index is 8.78. The van der Waals surface area contributed by atoms with E-state index < -0.39 is 0 Å². The molecule has 66 valence electrons. The van der Waals surface area contributed by atoms with Gasteiger partial charge in [-0.3, -0.25) is 4.90 Å². The maximum Gasteiger partial charge on any atom is 0.0558 e. The quantitative estimate of drug-likeness (QED) is 0.684. The fourth-order valence-corrected chi connectivity index (χ4v) is 2.79. The third kappa shape index (κ3) is 2.65. The van der Waals surface area contributed by atoms with E-state index in [-0.39, 0.29) is 0 Å². The molecule has 0 aromatic heterocycles. The summed E-state index contributed by atoms with van der Waals surface area (Å²) in [7, 11) is 0. The van der Waals surface area contributed by atoms with Gasteiger partial charge in [-0.15, -0.1) is 0 Å². The van der Waals surface area contributed by atoms with Gasteiger partial charge in [-0.25, -0.2) is 0 Å². The summed E-state index contributed by atoms with van der Waals surface area (Å²) in [5.41, 5.74) is 0. The van der Waals surface area contributed by atoms with Crippen LogP contribution in [0.4, 0.5) is 0 Å². The van der Waals surface area contributed by atoms with Crippen molar-refractivity contribution < 1.29 is 5.11 Å². The third-order valence-electron chi connectivity index (χ3n) is 2.22. The van der Waals surface area contributed by atoms with Crippen LogP contribution >= 0.6 is 11.8 Å². The monoisotopic (exact) mass is 175 g/mol. The van der Waals surface area contributed by atoms with Crippen molar-refractivity contribution in [2.24, 2.45) is 0 Å². The fourth-order valence-electron chi connectivity index (χ4n) is 1.54. The molecule has 1 N–H and O–H groups in total. The first kappa shape index (κ1) is 9.36. The van der Waals surface area contributed by atoms with Crippen LogP contribution in [0.5, 0.6) is 0 Å². The Balaban J connectivity index is 2.27. The number of likely N-dealkylation sites (N-methyl/N-ethyl adjacent to an activating group) is 1. The van der Waals surface area contributed by atoms with E-state index in [9.17, 15) is 0 Å². The Bertz CT molecular complexity index is 104. The number of hydrogen-bond donors (Lipinski definition) is 1. The molecule has 0 aromatic carbocycles. The van der Waals surface area contributed by atoms with Gasteiger partial charge in [0.1, 0.15) is 0 Å². The van der Waals surface area contributed by atoms with Crippen molar-refractivity contribution in [3.8, 4) is 0 Å². The van der Waals surface area contributed by atoms with Crippen LogP contribution in [0.2, 0.25) is 0 Å². The van der Waals surface area contributed by atoms with E-state index in [1.807, 2.05) is 11.8 Å². The van der Waals surface area contributed by atoms with Crippen LogP contribution in [-0.2, 0) is 0 Å².